The van der Waals surface area contributed by atoms with E-state index in [0.717, 1.165) is 12.1 Å². The number of anilines is 1. The Morgan fingerprint density at radius 3 is 2.17 bits per heavy atom. The third kappa shape index (κ3) is 2.41. The van der Waals surface area contributed by atoms with Crippen LogP contribution in [0.25, 0.3) is 11.1 Å². The van der Waals surface area contributed by atoms with Crippen LogP contribution in [0.15, 0.2) is 36.5 Å². The molecule has 0 aliphatic carbocycles. The highest BCUT2D eigenvalue weighted by molar-refractivity contribution is 6.33. The summed E-state index contributed by atoms with van der Waals surface area (Å²) in [4.78, 5) is 3.86. The van der Waals surface area contributed by atoms with E-state index in [1.807, 2.05) is 0 Å². The van der Waals surface area contributed by atoms with E-state index in [9.17, 15) is 13.2 Å². The van der Waals surface area contributed by atoms with Gasteiger partial charge in [-0.1, -0.05) is 23.7 Å². The molecule has 1 heterocycles. The topological polar surface area (TPSA) is 38.9 Å². The van der Waals surface area contributed by atoms with Crippen LogP contribution in [0.5, 0.6) is 0 Å². The third-order valence-electron chi connectivity index (χ3n) is 2.43. The highest BCUT2D eigenvalue weighted by atomic mass is 35.5. The summed E-state index contributed by atoms with van der Waals surface area (Å²) in [6.45, 7) is 0. The maximum absolute atomic E-state index is 12.4. The van der Waals surface area contributed by atoms with Crippen molar-refractivity contribution in [3.8, 4) is 11.1 Å². The molecule has 1 aromatic carbocycles. The van der Waals surface area contributed by atoms with Gasteiger partial charge in [-0.3, -0.25) is 0 Å². The fraction of sp³-hybridized carbons (Fsp3) is 0.0833. The maximum atomic E-state index is 12.4. The lowest BCUT2D eigenvalue weighted by Gasteiger charge is -2.10. The highest BCUT2D eigenvalue weighted by Crippen LogP contribution is 2.34. The minimum Gasteiger partial charge on any atom is -0.383 e. The molecule has 2 N–H and O–H groups in total. The molecule has 0 atom stereocenters. The van der Waals surface area contributed by atoms with Crippen molar-refractivity contribution < 1.29 is 13.2 Å². The molecule has 2 nitrogen and oxygen atoms in total. The van der Waals surface area contributed by atoms with Gasteiger partial charge in [-0.2, -0.15) is 13.2 Å². The molecular weight excluding hydrogens is 265 g/mol. The van der Waals surface area contributed by atoms with Gasteiger partial charge in [-0.05, 0) is 23.8 Å². The van der Waals surface area contributed by atoms with Crippen molar-refractivity contribution in [2.24, 2.45) is 0 Å². The molecule has 0 spiro atoms. The van der Waals surface area contributed by atoms with Crippen molar-refractivity contribution in [2.45, 2.75) is 6.18 Å². The van der Waals surface area contributed by atoms with Gasteiger partial charge in [-0.15, -0.1) is 0 Å². The van der Waals surface area contributed by atoms with E-state index in [1.54, 1.807) is 0 Å². The van der Waals surface area contributed by atoms with E-state index in [1.165, 1.54) is 24.4 Å². The lowest BCUT2D eigenvalue weighted by Crippen LogP contribution is -2.04. The van der Waals surface area contributed by atoms with Gasteiger partial charge in [0.15, 0.2) is 0 Å². The second-order valence-corrected chi connectivity index (χ2v) is 4.04. The average molecular weight is 273 g/mol. The molecule has 0 radical (unpaired) electrons. The van der Waals surface area contributed by atoms with Crippen LogP contribution in [0.2, 0.25) is 5.02 Å². The minimum atomic E-state index is -4.36. The molecule has 0 aliphatic heterocycles. The molecule has 0 amide bonds. The van der Waals surface area contributed by atoms with E-state index in [0.29, 0.717) is 16.1 Å². The van der Waals surface area contributed by atoms with Crippen molar-refractivity contribution in [2.75, 3.05) is 5.73 Å². The van der Waals surface area contributed by atoms with E-state index >= 15 is 0 Å². The number of nitrogens with zero attached hydrogens (tertiary/aromatic N) is 1. The van der Waals surface area contributed by atoms with Gasteiger partial charge in [0, 0.05) is 11.8 Å². The van der Waals surface area contributed by atoms with Gasteiger partial charge in [0.05, 0.1) is 10.6 Å². The SMILES string of the molecule is Nc1nccc(Cl)c1-c1ccc(C(F)(F)F)cc1. The van der Waals surface area contributed by atoms with Gasteiger partial charge in [0.25, 0.3) is 0 Å². The summed E-state index contributed by atoms with van der Waals surface area (Å²) in [6, 6.07) is 6.14. The van der Waals surface area contributed by atoms with Gasteiger partial charge in [0.2, 0.25) is 0 Å². The first-order valence-corrected chi connectivity index (χ1v) is 5.35. The van der Waals surface area contributed by atoms with Crippen molar-refractivity contribution in [3.63, 3.8) is 0 Å². The van der Waals surface area contributed by atoms with E-state index in [-0.39, 0.29) is 5.82 Å². The third-order valence-corrected chi connectivity index (χ3v) is 2.75. The molecule has 0 saturated carbocycles. The summed E-state index contributed by atoms with van der Waals surface area (Å²) in [5, 5.41) is 0.349. The number of alkyl halides is 3. The van der Waals surface area contributed by atoms with Gasteiger partial charge >= 0.3 is 6.18 Å². The number of halogens is 4. The predicted molar refractivity (Wildman–Crippen MR) is 64.1 cm³/mol. The van der Waals surface area contributed by atoms with Crippen LogP contribution in [0, 0.1) is 0 Å². The van der Waals surface area contributed by atoms with Crippen LogP contribution in [0.1, 0.15) is 5.56 Å². The zero-order chi connectivity index (χ0) is 13.3. The van der Waals surface area contributed by atoms with Crippen molar-refractivity contribution >= 4 is 17.4 Å². The Morgan fingerprint density at radius 2 is 1.67 bits per heavy atom. The maximum Gasteiger partial charge on any atom is 0.416 e. The van der Waals surface area contributed by atoms with E-state index in [2.05, 4.69) is 4.98 Å². The largest absolute Gasteiger partial charge is 0.416 e. The minimum absolute atomic E-state index is 0.183. The van der Waals surface area contributed by atoms with Gasteiger partial charge in [-0.25, -0.2) is 4.98 Å². The zero-order valence-corrected chi connectivity index (χ0v) is 9.76. The molecule has 2 aromatic rings. The molecule has 0 fully saturated rings. The monoisotopic (exact) mass is 272 g/mol. The lowest BCUT2D eigenvalue weighted by atomic mass is 10.0. The molecule has 0 aliphatic rings. The standard InChI is InChI=1S/C12H8ClF3N2/c13-9-5-6-18-11(17)10(9)7-1-3-8(4-2-7)12(14,15)16/h1-6H,(H2,17,18). The van der Waals surface area contributed by atoms with Crippen LogP contribution < -0.4 is 5.73 Å². The number of benzene rings is 1. The highest BCUT2D eigenvalue weighted by Gasteiger charge is 2.30. The number of rotatable bonds is 1. The first kappa shape index (κ1) is 12.7. The molecule has 0 bridgehead atoms. The van der Waals surface area contributed by atoms with Crippen molar-refractivity contribution in [1.29, 1.82) is 0 Å². The second-order valence-electron chi connectivity index (χ2n) is 3.63. The fourth-order valence-corrected chi connectivity index (χ4v) is 1.83. The Bertz CT molecular complexity index is 544. The first-order valence-electron chi connectivity index (χ1n) is 4.97. The summed E-state index contributed by atoms with van der Waals surface area (Å²) >= 11 is 5.95. The summed E-state index contributed by atoms with van der Waals surface area (Å²) < 4.78 is 37.3. The molecule has 0 unspecified atom stereocenters. The quantitative estimate of drug-likeness (QED) is 0.852. The van der Waals surface area contributed by atoms with E-state index < -0.39 is 11.7 Å². The molecule has 1 aromatic heterocycles. The molecule has 2 rings (SSSR count). The van der Waals surface area contributed by atoms with Crippen LogP contribution in [-0.2, 0) is 6.18 Å². The Kier molecular flexibility index (Phi) is 3.17. The van der Waals surface area contributed by atoms with Crippen molar-refractivity contribution in [1.82, 2.24) is 4.98 Å². The Balaban J connectivity index is 2.47. The van der Waals surface area contributed by atoms with Crippen molar-refractivity contribution in [3.05, 3.63) is 47.1 Å². The predicted octanol–water partition coefficient (Wildman–Crippen LogP) is 4.00. The van der Waals surface area contributed by atoms with Crippen LogP contribution in [-0.4, -0.2) is 4.98 Å². The number of nitrogens with two attached hydrogens (primary N) is 1. The average Bonchev–Trinajstić information content (AvgIpc) is 2.28. The Hall–Kier alpha value is -1.75. The number of hydrogen-bond acceptors (Lipinski definition) is 2. The number of aromatic nitrogens is 1. The Labute approximate surface area is 106 Å². The summed E-state index contributed by atoms with van der Waals surface area (Å²) in [5.74, 6) is 0.183. The summed E-state index contributed by atoms with van der Waals surface area (Å²) in [6.07, 6.45) is -2.92. The van der Waals surface area contributed by atoms with Crippen LogP contribution in [0.4, 0.5) is 19.0 Å². The normalized spacial score (nSPS) is 11.6. The lowest BCUT2D eigenvalue weighted by molar-refractivity contribution is -0.137. The number of hydrogen-bond donors (Lipinski definition) is 1. The molecule has 0 saturated heterocycles. The van der Waals surface area contributed by atoms with Gasteiger partial charge < -0.3 is 5.73 Å². The molecule has 6 heteroatoms. The molecular formula is C12H8ClF3N2. The first-order chi connectivity index (χ1) is 8.39. The zero-order valence-electron chi connectivity index (χ0n) is 9.00. The molecule has 94 valence electrons. The smallest absolute Gasteiger partial charge is 0.383 e. The summed E-state index contributed by atoms with van der Waals surface area (Å²) in [5.41, 5.74) is 5.88. The molecule has 18 heavy (non-hydrogen) atoms. The van der Waals surface area contributed by atoms with Crippen LogP contribution >= 0.6 is 11.6 Å². The Morgan fingerprint density at radius 1 is 1.06 bits per heavy atom. The van der Waals surface area contributed by atoms with Crippen LogP contribution in [0.3, 0.4) is 0 Å². The fourth-order valence-electron chi connectivity index (χ4n) is 1.56. The summed E-state index contributed by atoms with van der Waals surface area (Å²) in [7, 11) is 0. The van der Waals surface area contributed by atoms with E-state index in [4.69, 9.17) is 17.3 Å². The number of pyridine rings is 1. The number of nitrogen functional groups attached to an aromatic ring is 1. The second kappa shape index (κ2) is 4.49. The van der Waals surface area contributed by atoms with Gasteiger partial charge in [0.1, 0.15) is 5.82 Å².